The Bertz CT molecular complexity index is 535. The van der Waals surface area contributed by atoms with Crippen molar-refractivity contribution in [3.05, 3.63) is 22.5 Å². The summed E-state index contributed by atoms with van der Waals surface area (Å²) in [6.45, 7) is 4.04. The maximum atomic E-state index is 10.5. The first-order valence-corrected chi connectivity index (χ1v) is 6.39. The van der Waals surface area contributed by atoms with Crippen LogP contribution in [0.4, 0.5) is 0 Å². The minimum absolute atomic E-state index is 0.215. The van der Waals surface area contributed by atoms with Crippen LogP contribution in [0.2, 0.25) is 0 Å². The molecule has 1 unspecified atom stereocenters. The second-order valence-corrected chi connectivity index (χ2v) is 5.09. The highest BCUT2D eigenvalue weighted by atomic mass is 32.1. The van der Waals surface area contributed by atoms with E-state index in [9.17, 15) is 5.11 Å². The third-order valence-electron chi connectivity index (χ3n) is 2.76. The Morgan fingerprint density at radius 2 is 2.17 bits per heavy atom. The second-order valence-electron chi connectivity index (χ2n) is 4.30. The summed E-state index contributed by atoms with van der Waals surface area (Å²) < 4.78 is 10.7. The molecule has 0 saturated carbocycles. The highest BCUT2D eigenvalue weighted by Gasteiger charge is 2.26. The number of aliphatic hydroxyl groups is 1. The van der Waals surface area contributed by atoms with Gasteiger partial charge < -0.3 is 9.84 Å². The molecule has 6 nitrogen and oxygen atoms in total. The number of nitrogens with zero attached hydrogens (tertiary/aromatic N) is 4. The fourth-order valence-electron chi connectivity index (χ4n) is 1.81. The number of methoxy groups -OCH3 is 1. The van der Waals surface area contributed by atoms with Crippen molar-refractivity contribution >= 4 is 11.5 Å². The number of hydrogen-bond donors (Lipinski definition) is 1. The van der Waals surface area contributed by atoms with Gasteiger partial charge in [0.2, 0.25) is 0 Å². The van der Waals surface area contributed by atoms with E-state index in [4.69, 9.17) is 4.74 Å². The first-order valence-electron chi connectivity index (χ1n) is 5.62. The smallest absolute Gasteiger partial charge is 0.163 e. The molecule has 0 aliphatic rings. The van der Waals surface area contributed by atoms with Crippen molar-refractivity contribution in [1.82, 2.24) is 19.4 Å². The Labute approximate surface area is 109 Å². The van der Waals surface area contributed by atoms with E-state index in [1.807, 2.05) is 13.8 Å². The molecule has 2 aromatic rings. The van der Waals surface area contributed by atoms with E-state index in [-0.39, 0.29) is 5.92 Å². The Morgan fingerprint density at radius 3 is 2.78 bits per heavy atom. The van der Waals surface area contributed by atoms with E-state index in [1.54, 1.807) is 25.0 Å². The van der Waals surface area contributed by atoms with Crippen LogP contribution in [0, 0.1) is 0 Å². The topological polar surface area (TPSA) is 73.1 Å². The number of aromatic nitrogens is 4. The second kappa shape index (κ2) is 5.03. The van der Waals surface area contributed by atoms with Crippen molar-refractivity contribution < 1.29 is 9.84 Å². The largest absolute Gasteiger partial charge is 0.493 e. The van der Waals surface area contributed by atoms with E-state index in [1.165, 1.54) is 11.5 Å². The maximum Gasteiger partial charge on any atom is 0.163 e. The average Bonchev–Trinajstić information content (AvgIpc) is 2.94. The highest BCUT2D eigenvalue weighted by Crippen LogP contribution is 2.34. The van der Waals surface area contributed by atoms with Gasteiger partial charge in [0.15, 0.2) is 5.75 Å². The molecule has 0 fully saturated rings. The van der Waals surface area contributed by atoms with Crippen molar-refractivity contribution in [2.24, 2.45) is 7.05 Å². The third-order valence-corrected chi connectivity index (χ3v) is 3.56. The zero-order valence-electron chi connectivity index (χ0n) is 10.8. The molecule has 7 heteroatoms. The molecule has 0 amide bonds. The van der Waals surface area contributed by atoms with Gasteiger partial charge in [-0.05, 0) is 17.5 Å². The maximum absolute atomic E-state index is 10.5. The van der Waals surface area contributed by atoms with Crippen molar-refractivity contribution in [2.45, 2.75) is 25.9 Å². The quantitative estimate of drug-likeness (QED) is 0.909. The molecular weight excluding hydrogens is 252 g/mol. The number of aliphatic hydroxyl groups excluding tert-OH is 1. The van der Waals surface area contributed by atoms with Crippen LogP contribution in [0.1, 0.15) is 42.1 Å². The Balaban J connectivity index is 2.44. The predicted molar refractivity (Wildman–Crippen MR) is 67.8 cm³/mol. The van der Waals surface area contributed by atoms with E-state index >= 15 is 0 Å². The predicted octanol–water partition coefficient (Wildman–Crippen LogP) is 1.49. The van der Waals surface area contributed by atoms with Crippen molar-refractivity contribution in [2.75, 3.05) is 7.11 Å². The first kappa shape index (κ1) is 13.0. The van der Waals surface area contributed by atoms with Gasteiger partial charge in [-0.3, -0.25) is 4.68 Å². The Kier molecular flexibility index (Phi) is 3.63. The fourth-order valence-corrected chi connectivity index (χ4v) is 2.61. The van der Waals surface area contributed by atoms with Crippen molar-refractivity contribution in [3.8, 4) is 5.75 Å². The SMILES string of the molecule is COc1cnn(C)c1C(O)c1snnc1C(C)C. The molecule has 2 rings (SSSR count). The van der Waals surface area contributed by atoms with E-state index < -0.39 is 6.10 Å². The van der Waals surface area contributed by atoms with Crippen LogP contribution in [0.25, 0.3) is 0 Å². The first-order chi connectivity index (χ1) is 8.56. The van der Waals surface area contributed by atoms with Crippen LogP contribution >= 0.6 is 11.5 Å². The molecule has 0 aliphatic carbocycles. The lowest BCUT2D eigenvalue weighted by molar-refractivity contribution is 0.206. The lowest BCUT2D eigenvalue weighted by Gasteiger charge is -2.13. The molecule has 2 heterocycles. The van der Waals surface area contributed by atoms with E-state index in [2.05, 4.69) is 14.7 Å². The van der Waals surface area contributed by atoms with Crippen LogP contribution in [-0.2, 0) is 7.05 Å². The minimum Gasteiger partial charge on any atom is -0.493 e. The van der Waals surface area contributed by atoms with Gasteiger partial charge in [-0.1, -0.05) is 18.3 Å². The van der Waals surface area contributed by atoms with Crippen LogP contribution < -0.4 is 4.74 Å². The van der Waals surface area contributed by atoms with Gasteiger partial charge >= 0.3 is 0 Å². The molecule has 0 aromatic carbocycles. The average molecular weight is 268 g/mol. The molecular formula is C11H16N4O2S. The molecule has 2 aromatic heterocycles. The van der Waals surface area contributed by atoms with Gasteiger partial charge in [0.25, 0.3) is 0 Å². The lowest BCUT2D eigenvalue weighted by Crippen LogP contribution is -2.09. The third kappa shape index (κ3) is 2.11. The molecule has 1 atom stereocenters. The summed E-state index contributed by atoms with van der Waals surface area (Å²) in [5.74, 6) is 0.778. The standard InChI is InChI=1S/C11H16N4O2S/c1-6(2)8-11(18-14-13-8)10(16)9-7(17-4)5-12-15(9)3/h5-6,10,16H,1-4H3. The monoisotopic (exact) mass is 268 g/mol. The molecule has 0 bridgehead atoms. The van der Waals surface area contributed by atoms with Gasteiger partial charge in [0, 0.05) is 7.05 Å². The molecule has 0 aliphatic heterocycles. The number of ether oxygens (including phenoxy) is 1. The number of rotatable bonds is 4. The van der Waals surface area contributed by atoms with E-state index in [0.29, 0.717) is 11.4 Å². The lowest BCUT2D eigenvalue weighted by atomic mass is 10.1. The normalized spacial score (nSPS) is 13.0. The molecule has 1 N–H and O–H groups in total. The van der Waals surface area contributed by atoms with Gasteiger partial charge in [-0.25, -0.2) is 0 Å². The molecule has 98 valence electrons. The summed E-state index contributed by atoms with van der Waals surface area (Å²) in [6, 6.07) is 0. The molecule has 0 spiro atoms. The fraction of sp³-hybridized carbons (Fsp3) is 0.545. The zero-order valence-corrected chi connectivity index (χ0v) is 11.6. The molecule has 18 heavy (non-hydrogen) atoms. The highest BCUT2D eigenvalue weighted by molar-refractivity contribution is 7.05. The summed E-state index contributed by atoms with van der Waals surface area (Å²) >= 11 is 1.20. The van der Waals surface area contributed by atoms with Crippen LogP contribution in [0.3, 0.4) is 0 Å². The van der Waals surface area contributed by atoms with Crippen LogP contribution in [-0.4, -0.2) is 31.6 Å². The summed E-state index contributed by atoms with van der Waals surface area (Å²) in [7, 11) is 3.33. The minimum atomic E-state index is -0.815. The van der Waals surface area contributed by atoms with Crippen molar-refractivity contribution in [1.29, 1.82) is 0 Å². The summed E-state index contributed by atoms with van der Waals surface area (Å²) in [6.07, 6.45) is 0.770. The van der Waals surface area contributed by atoms with E-state index in [0.717, 1.165) is 10.6 Å². The molecule has 0 radical (unpaired) electrons. The summed E-state index contributed by atoms with van der Waals surface area (Å²) in [5, 5.41) is 18.6. The van der Waals surface area contributed by atoms with Crippen LogP contribution in [0.15, 0.2) is 6.20 Å². The van der Waals surface area contributed by atoms with Crippen LogP contribution in [0.5, 0.6) is 5.75 Å². The van der Waals surface area contributed by atoms with Gasteiger partial charge in [0.05, 0.1) is 23.9 Å². The zero-order chi connectivity index (χ0) is 13.3. The van der Waals surface area contributed by atoms with Gasteiger partial charge in [0.1, 0.15) is 11.8 Å². The Morgan fingerprint density at radius 1 is 1.44 bits per heavy atom. The number of hydrogen-bond acceptors (Lipinski definition) is 6. The summed E-state index contributed by atoms with van der Waals surface area (Å²) in [4.78, 5) is 0.743. The Hall–Kier alpha value is -1.47. The molecule has 0 saturated heterocycles. The van der Waals surface area contributed by atoms with Gasteiger partial charge in [-0.2, -0.15) is 5.10 Å². The summed E-state index contributed by atoms with van der Waals surface area (Å²) in [5.41, 5.74) is 1.43. The number of aryl methyl sites for hydroxylation is 1. The van der Waals surface area contributed by atoms with Crippen molar-refractivity contribution in [3.63, 3.8) is 0 Å². The van der Waals surface area contributed by atoms with Gasteiger partial charge in [-0.15, -0.1) is 5.10 Å².